The summed E-state index contributed by atoms with van der Waals surface area (Å²) >= 11 is 0. The first kappa shape index (κ1) is 8.72. The Bertz CT molecular complexity index is 496. The van der Waals surface area contributed by atoms with Crippen molar-refractivity contribution in [3.05, 3.63) is 48.6 Å². The summed E-state index contributed by atoms with van der Waals surface area (Å²) < 4.78 is 2.24. The maximum atomic E-state index is 4.13. The van der Waals surface area contributed by atoms with Crippen LogP contribution in [-0.4, -0.2) is 9.38 Å². The fourth-order valence-corrected chi connectivity index (χ4v) is 2.34. The van der Waals surface area contributed by atoms with Crippen molar-refractivity contribution < 1.29 is 0 Å². The standard InChI is InChI=1S/C13H14N2/c1-2-4-11(5-3-1)13-7-6-12-10-14-8-9-15(12)13/h2,4,6-11H,1,3,5H2. The molecule has 3 rings (SSSR count). The van der Waals surface area contributed by atoms with Crippen LogP contribution >= 0.6 is 0 Å². The van der Waals surface area contributed by atoms with Gasteiger partial charge in [0.25, 0.3) is 0 Å². The van der Waals surface area contributed by atoms with Gasteiger partial charge in [-0.25, -0.2) is 0 Å². The molecule has 0 aromatic carbocycles. The maximum Gasteiger partial charge on any atom is 0.0636 e. The van der Waals surface area contributed by atoms with Crippen LogP contribution in [0.1, 0.15) is 30.9 Å². The molecular formula is C13H14N2. The minimum Gasteiger partial charge on any atom is -0.317 e. The third kappa shape index (κ3) is 1.46. The Morgan fingerprint density at radius 1 is 1.33 bits per heavy atom. The summed E-state index contributed by atoms with van der Waals surface area (Å²) in [6.45, 7) is 0. The third-order valence-electron chi connectivity index (χ3n) is 3.12. The van der Waals surface area contributed by atoms with Crippen LogP contribution in [0, 0.1) is 0 Å². The normalized spacial score (nSPS) is 20.9. The van der Waals surface area contributed by atoms with Crippen molar-refractivity contribution in [2.75, 3.05) is 0 Å². The van der Waals surface area contributed by atoms with Crippen LogP contribution in [0.2, 0.25) is 0 Å². The molecule has 0 aliphatic heterocycles. The van der Waals surface area contributed by atoms with Crippen molar-refractivity contribution in [1.29, 1.82) is 0 Å². The zero-order valence-corrected chi connectivity index (χ0v) is 8.63. The van der Waals surface area contributed by atoms with E-state index in [1.165, 1.54) is 30.5 Å². The Morgan fingerprint density at radius 2 is 2.33 bits per heavy atom. The van der Waals surface area contributed by atoms with Crippen molar-refractivity contribution in [1.82, 2.24) is 9.38 Å². The lowest BCUT2D eigenvalue weighted by Gasteiger charge is -2.16. The first-order valence-corrected chi connectivity index (χ1v) is 5.53. The van der Waals surface area contributed by atoms with Gasteiger partial charge < -0.3 is 4.40 Å². The third-order valence-corrected chi connectivity index (χ3v) is 3.12. The molecule has 2 nitrogen and oxygen atoms in total. The van der Waals surface area contributed by atoms with Crippen LogP contribution in [0.3, 0.4) is 0 Å². The van der Waals surface area contributed by atoms with Crippen molar-refractivity contribution in [2.24, 2.45) is 0 Å². The summed E-state index contributed by atoms with van der Waals surface area (Å²) in [4.78, 5) is 4.13. The zero-order valence-electron chi connectivity index (χ0n) is 8.63. The summed E-state index contributed by atoms with van der Waals surface area (Å²) in [5.74, 6) is 0.587. The largest absolute Gasteiger partial charge is 0.317 e. The highest BCUT2D eigenvalue weighted by atomic mass is 14.9. The highest BCUT2D eigenvalue weighted by molar-refractivity contribution is 5.48. The minimum absolute atomic E-state index is 0.587. The Balaban J connectivity index is 2.10. The molecule has 0 saturated heterocycles. The van der Waals surface area contributed by atoms with Gasteiger partial charge in [-0.2, -0.15) is 0 Å². The molecule has 76 valence electrons. The number of rotatable bonds is 1. The number of fused-ring (bicyclic) bond motifs is 1. The Labute approximate surface area is 89.3 Å². The second-order valence-electron chi connectivity index (χ2n) is 4.09. The molecule has 0 amide bonds. The highest BCUT2D eigenvalue weighted by Gasteiger charge is 2.13. The molecule has 0 radical (unpaired) electrons. The molecule has 1 atom stereocenters. The fourth-order valence-electron chi connectivity index (χ4n) is 2.34. The van der Waals surface area contributed by atoms with Gasteiger partial charge in [0.1, 0.15) is 0 Å². The maximum absolute atomic E-state index is 4.13. The van der Waals surface area contributed by atoms with E-state index in [-0.39, 0.29) is 0 Å². The van der Waals surface area contributed by atoms with Crippen molar-refractivity contribution in [2.45, 2.75) is 25.2 Å². The molecule has 0 N–H and O–H groups in total. The highest BCUT2D eigenvalue weighted by Crippen LogP contribution is 2.28. The molecule has 15 heavy (non-hydrogen) atoms. The van der Waals surface area contributed by atoms with E-state index in [9.17, 15) is 0 Å². The van der Waals surface area contributed by atoms with E-state index >= 15 is 0 Å². The minimum atomic E-state index is 0.587. The summed E-state index contributed by atoms with van der Waals surface area (Å²) in [6, 6.07) is 4.36. The van der Waals surface area contributed by atoms with E-state index in [0.717, 1.165) is 0 Å². The molecule has 1 aliphatic rings. The molecule has 2 heterocycles. The predicted molar refractivity (Wildman–Crippen MR) is 60.9 cm³/mol. The quantitative estimate of drug-likeness (QED) is 0.643. The topological polar surface area (TPSA) is 17.3 Å². The lowest BCUT2D eigenvalue weighted by Crippen LogP contribution is -2.02. The van der Waals surface area contributed by atoms with Crippen LogP contribution in [0.25, 0.3) is 5.52 Å². The number of nitrogens with zero attached hydrogens (tertiary/aromatic N) is 2. The second-order valence-corrected chi connectivity index (χ2v) is 4.09. The molecule has 2 aromatic heterocycles. The number of allylic oxidation sites excluding steroid dienone is 2. The van der Waals surface area contributed by atoms with Crippen LogP contribution in [0.5, 0.6) is 0 Å². The van der Waals surface area contributed by atoms with E-state index in [1.807, 2.05) is 18.6 Å². The first-order chi connectivity index (χ1) is 7.45. The fraction of sp³-hybridized carbons (Fsp3) is 0.308. The average molecular weight is 198 g/mol. The molecular weight excluding hydrogens is 184 g/mol. The van der Waals surface area contributed by atoms with Crippen molar-refractivity contribution in [3.8, 4) is 0 Å². The van der Waals surface area contributed by atoms with Gasteiger partial charge >= 0.3 is 0 Å². The molecule has 0 spiro atoms. The van der Waals surface area contributed by atoms with E-state index in [1.54, 1.807) is 0 Å². The summed E-state index contributed by atoms with van der Waals surface area (Å²) in [5, 5.41) is 0. The van der Waals surface area contributed by atoms with Crippen LogP contribution in [0.4, 0.5) is 0 Å². The molecule has 0 fully saturated rings. The smallest absolute Gasteiger partial charge is 0.0636 e. The number of hydrogen-bond acceptors (Lipinski definition) is 1. The summed E-state index contributed by atoms with van der Waals surface area (Å²) in [6.07, 6.45) is 14.3. The van der Waals surface area contributed by atoms with E-state index < -0.39 is 0 Å². The van der Waals surface area contributed by atoms with Crippen LogP contribution in [0.15, 0.2) is 42.9 Å². The Kier molecular flexibility index (Phi) is 2.05. The van der Waals surface area contributed by atoms with Crippen LogP contribution < -0.4 is 0 Å². The number of aromatic nitrogens is 2. The van der Waals surface area contributed by atoms with Gasteiger partial charge in [0.05, 0.1) is 11.7 Å². The van der Waals surface area contributed by atoms with Crippen molar-refractivity contribution >= 4 is 5.52 Å². The second kappa shape index (κ2) is 3.54. The SMILES string of the molecule is C1=CC(c2ccc3cnccn23)CCC1. The molecule has 2 heteroatoms. The van der Waals surface area contributed by atoms with Gasteiger partial charge in [0, 0.05) is 24.0 Å². The van der Waals surface area contributed by atoms with Crippen molar-refractivity contribution in [3.63, 3.8) is 0 Å². The zero-order chi connectivity index (χ0) is 10.1. The van der Waals surface area contributed by atoms with E-state index in [2.05, 4.69) is 33.7 Å². The van der Waals surface area contributed by atoms with Crippen LogP contribution in [-0.2, 0) is 0 Å². The summed E-state index contributed by atoms with van der Waals surface area (Å²) in [5.41, 5.74) is 2.58. The Morgan fingerprint density at radius 3 is 3.20 bits per heavy atom. The number of hydrogen-bond donors (Lipinski definition) is 0. The predicted octanol–water partition coefficient (Wildman–Crippen LogP) is 3.16. The first-order valence-electron chi connectivity index (χ1n) is 5.53. The Hall–Kier alpha value is -1.57. The molecule has 1 unspecified atom stereocenters. The van der Waals surface area contributed by atoms with Gasteiger partial charge in [0.15, 0.2) is 0 Å². The average Bonchev–Trinajstić information content (AvgIpc) is 2.74. The molecule has 0 saturated carbocycles. The molecule has 2 aromatic rings. The van der Waals surface area contributed by atoms with E-state index in [0.29, 0.717) is 5.92 Å². The molecule has 0 bridgehead atoms. The lowest BCUT2D eigenvalue weighted by molar-refractivity contribution is 0.637. The van der Waals surface area contributed by atoms with Gasteiger partial charge in [-0.1, -0.05) is 12.2 Å². The van der Waals surface area contributed by atoms with Gasteiger partial charge in [-0.15, -0.1) is 0 Å². The van der Waals surface area contributed by atoms with Gasteiger partial charge in [-0.05, 0) is 31.4 Å². The monoisotopic (exact) mass is 198 g/mol. The summed E-state index contributed by atoms with van der Waals surface area (Å²) in [7, 11) is 0. The van der Waals surface area contributed by atoms with E-state index in [4.69, 9.17) is 0 Å². The van der Waals surface area contributed by atoms with Gasteiger partial charge in [-0.3, -0.25) is 4.98 Å². The lowest BCUT2D eigenvalue weighted by atomic mass is 9.93. The molecule has 1 aliphatic carbocycles. The van der Waals surface area contributed by atoms with Gasteiger partial charge in [0.2, 0.25) is 0 Å².